The number of nitrogens with one attached hydrogen (secondary N) is 2. The van der Waals surface area contributed by atoms with Gasteiger partial charge in [-0.15, -0.1) is 0 Å². The summed E-state index contributed by atoms with van der Waals surface area (Å²) in [5.74, 6) is -0.793. The number of hydrogen-bond donors (Lipinski definition) is 3. The van der Waals surface area contributed by atoms with Crippen LogP contribution >= 0.6 is 0 Å². The zero-order valence-corrected chi connectivity index (χ0v) is 12.0. The molecule has 4 N–H and O–H groups in total. The molecule has 0 saturated carbocycles. The van der Waals surface area contributed by atoms with E-state index in [1.807, 2.05) is 6.07 Å². The molecule has 0 spiro atoms. The van der Waals surface area contributed by atoms with Crippen LogP contribution in [0.15, 0.2) is 36.0 Å². The summed E-state index contributed by atoms with van der Waals surface area (Å²) >= 11 is 0. The normalized spacial score (nSPS) is 15.0. The highest BCUT2D eigenvalue weighted by atomic mass is 16.2. The monoisotopic (exact) mass is 299 g/mol. The molecule has 1 aromatic carbocycles. The number of nitrogens with zero attached hydrogens (tertiary/aromatic N) is 2. The molecule has 1 aliphatic rings. The molecule has 2 amide bonds. The van der Waals surface area contributed by atoms with Gasteiger partial charge in [-0.25, -0.2) is 0 Å². The largest absolute Gasteiger partial charge is 0.366 e. The van der Waals surface area contributed by atoms with Crippen LogP contribution in [-0.2, 0) is 4.79 Å². The summed E-state index contributed by atoms with van der Waals surface area (Å²) in [6.45, 7) is 2.63. The third kappa shape index (κ3) is 3.84. The van der Waals surface area contributed by atoms with Crippen LogP contribution in [0.5, 0.6) is 0 Å². The van der Waals surface area contributed by atoms with Crippen LogP contribution in [0.2, 0.25) is 0 Å². The minimum Gasteiger partial charge on any atom is -0.366 e. The van der Waals surface area contributed by atoms with Gasteiger partial charge in [0.15, 0.2) is 0 Å². The summed E-state index contributed by atoms with van der Waals surface area (Å²) in [6.07, 6.45) is 1.38. The Morgan fingerprint density at radius 2 is 1.91 bits per heavy atom. The Morgan fingerprint density at radius 1 is 1.27 bits per heavy atom. The van der Waals surface area contributed by atoms with Crippen LogP contribution in [-0.4, -0.2) is 42.9 Å². The van der Waals surface area contributed by atoms with Crippen LogP contribution < -0.4 is 16.4 Å². The Hall–Kier alpha value is -2.85. The fourth-order valence-electron chi connectivity index (χ4n) is 2.07. The third-order valence-corrected chi connectivity index (χ3v) is 3.31. The summed E-state index contributed by atoms with van der Waals surface area (Å²) in [5.41, 5.74) is 6.26. The van der Waals surface area contributed by atoms with E-state index >= 15 is 0 Å². The molecule has 114 valence electrons. The topological polar surface area (TPSA) is 111 Å². The molecule has 0 aromatic heterocycles. The van der Waals surface area contributed by atoms with Gasteiger partial charge < -0.3 is 21.3 Å². The van der Waals surface area contributed by atoms with Crippen molar-refractivity contribution in [2.45, 2.75) is 0 Å². The van der Waals surface area contributed by atoms with E-state index in [9.17, 15) is 9.59 Å². The predicted molar refractivity (Wildman–Crippen MR) is 81.7 cm³/mol. The highest BCUT2D eigenvalue weighted by Crippen LogP contribution is 2.10. The Bertz CT molecular complexity index is 624. The van der Waals surface area contributed by atoms with E-state index < -0.39 is 5.91 Å². The second-order valence-corrected chi connectivity index (χ2v) is 4.80. The zero-order valence-electron chi connectivity index (χ0n) is 12.0. The molecule has 1 aromatic rings. The first-order valence-electron chi connectivity index (χ1n) is 6.88. The molecule has 0 aliphatic carbocycles. The van der Waals surface area contributed by atoms with Crippen molar-refractivity contribution in [1.82, 2.24) is 10.2 Å². The SMILES string of the molecule is N#C/C(=C/Nc1ccc(C(N)=O)cc1)C(=O)N1CCNCC1. The van der Waals surface area contributed by atoms with E-state index in [1.165, 1.54) is 6.20 Å². The molecular weight excluding hydrogens is 282 g/mol. The second-order valence-electron chi connectivity index (χ2n) is 4.80. The van der Waals surface area contributed by atoms with Gasteiger partial charge in [0.05, 0.1) is 0 Å². The Labute approximate surface area is 128 Å². The van der Waals surface area contributed by atoms with Crippen LogP contribution in [0.1, 0.15) is 10.4 Å². The molecule has 2 rings (SSSR count). The number of piperazine rings is 1. The van der Waals surface area contributed by atoms with Crippen molar-refractivity contribution in [2.75, 3.05) is 31.5 Å². The maximum atomic E-state index is 12.2. The average Bonchev–Trinajstić information content (AvgIpc) is 2.56. The molecule has 0 bridgehead atoms. The van der Waals surface area contributed by atoms with Crippen molar-refractivity contribution in [3.8, 4) is 6.07 Å². The van der Waals surface area contributed by atoms with Crippen molar-refractivity contribution in [3.05, 3.63) is 41.6 Å². The standard InChI is InChI=1S/C15H17N5O2/c16-9-12(15(22)20-7-5-18-6-8-20)10-19-13-3-1-11(2-4-13)14(17)21/h1-4,10,18-19H,5-8H2,(H2,17,21)/b12-10-. The number of carbonyl (C=O) groups excluding carboxylic acids is 2. The van der Waals surface area contributed by atoms with E-state index in [0.29, 0.717) is 24.3 Å². The van der Waals surface area contributed by atoms with E-state index in [2.05, 4.69) is 10.6 Å². The lowest BCUT2D eigenvalue weighted by molar-refractivity contribution is -0.127. The number of anilines is 1. The van der Waals surface area contributed by atoms with E-state index in [1.54, 1.807) is 29.2 Å². The zero-order chi connectivity index (χ0) is 15.9. The minimum atomic E-state index is -0.506. The van der Waals surface area contributed by atoms with Crippen molar-refractivity contribution >= 4 is 17.5 Å². The fraction of sp³-hybridized carbons (Fsp3) is 0.267. The van der Waals surface area contributed by atoms with Gasteiger partial charge in [0, 0.05) is 43.6 Å². The molecule has 0 atom stereocenters. The van der Waals surface area contributed by atoms with Gasteiger partial charge >= 0.3 is 0 Å². The lowest BCUT2D eigenvalue weighted by Crippen LogP contribution is -2.46. The van der Waals surface area contributed by atoms with Gasteiger partial charge in [0.2, 0.25) is 5.91 Å². The molecule has 1 aliphatic heterocycles. The average molecular weight is 299 g/mol. The number of hydrogen-bond acceptors (Lipinski definition) is 5. The summed E-state index contributed by atoms with van der Waals surface area (Å²) in [7, 11) is 0. The maximum Gasteiger partial charge on any atom is 0.266 e. The van der Waals surface area contributed by atoms with E-state index in [-0.39, 0.29) is 11.5 Å². The molecule has 1 fully saturated rings. The number of rotatable bonds is 4. The van der Waals surface area contributed by atoms with Crippen molar-refractivity contribution in [2.24, 2.45) is 5.73 Å². The van der Waals surface area contributed by atoms with Crippen LogP contribution in [0.4, 0.5) is 5.69 Å². The van der Waals surface area contributed by atoms with Crippen LogP contribution in [0, 0.1) is 11.3 Å². The van der Waals surface area contributed by atoms with Gasteiger partial charge in [-0.1, -0.05) is 0 Å². The smallest absolute Gasteiger partial charge is 0.266 e. The van der Waals surface area contributed by atoms with Gasteiger partial charge in [-0.05, 0) is 24.3 Å². The molecule has 1 heterocycles. The summed E-state index contributed by atoms with van der Waals surface area (Å²) in [6, 6.07) is 8.36. The Kier molecular flexibility index (Phi) is 5.11. The fourth-order valence-corrected chi connectivity index (χ4v) is 2.07. The summed E-state index contributed by atoms with van der Waals surface area (Å²) < 4.78 is 0. The number of benzene rings is 1. The Morgan fingerprint density at radius 3 is 2.45 bits per heavy atom. The maximum absolute atomic E-state index is 12.2. The second kappa shape index (κ2) is 7.24. The highest BCUT2D eigenvalue weighted by molar-refractivity contribution is 5.97. The first kappa shape index (κ1) is 15.5. The molecule has 7 nitrogen and oxygen atoms in total. The first-order valence-corrected chi connectivity index (χ1v) is 6.88. The van der Waals surface area contributed by atoms with Gasteiger partial charge in [0.1, 0.15) is 11.6 Å². The van der Waals surface area contributed by atoms with E-state index in [4.69, 9.17) is 11.0 Å². The molecule has 22 heavy (non-hydrogen) atoms. The summed E-state index contributed by atoms with van der Waals surface area (Å²) in [4.78, 5) is 24.8. The quantitative estimate of drug-likeness (QED) is 0.537. The Balaban J connectivity index is 2.04. The number of amides is 2. The summed E-state index contributed by atoms with van der Waals surface area (Å²) in [5, 5.41) is 15.2. The van der Waals surface area contributed by atoms with Gasteiger partial charge in [-0.2, -0.15) is 5.26 Å². The minimum absolute atomic E-state index is 0.0425. The lowest BCUT2D eigenvalue weighted by atomic mass is 10.2. The third-order valence-electron chi connectivity index (χ3n) is 3.31. The molecule has 7 heteroatoms. The molecule has 1 saturated heterocycles. The lowest BCUT2D eigenvalue weighted by Gasteiger charge is -2.27. The van der Waals surface area contributed by atoms with Crippen molar-refractivity contribution in [3.63, 3.8) is 0 Å². The number of carbonyl (C=O) groups is 2. The molecular formula is C15H17N5O2. The number of nitrogens with two attached hydrogens (primary N) is 1. The van der Waals surface area contributed by atoms with Crippen LogP contribution in [0.3, 0.4) is 0 Å². The van der Waals surface area contributed by atoms with Gasteiger partial charge in [0.25, 0.3) is 5.91 Å². The number of primary amides is 1. The van der Waals surface area contributed by atoms with Crippen molar-refractivity contribution < 1.29 is 9.59 Å². The van der Waals surface area contributed by atoms with Crippen LogP contribution in [0.25, 0.3) is 0 Å². The molecule has 0 unspecified atom stereocenters. The number of nitriles is 1. The van der Waals surface area contributed by atoms with Crippen molar-refractivity contribution in [1.29, 1.82) is 5.26 Å². The van der Waals surface area contributed by atoms with Gasteiger partial charge in [-0.3, -0.25) is 9.59 Å². The predicted octanol–water partition coefficient (Wildman–Crippen LogP) is 0.0367. The first-order chi connectivity index (χ1) is 10.6. The van der Waals surface area contributed by atoms with E-state index in [0.717, 1.165) is 13.1 Å². The highest BCUT2D eigenvalue weighted by Gasteiger charge is 2.19. The molecule has 0 radical (unpaired) electrons.